The van der Waals surface area contributed by atoms with E-state index in [0.717, 1.165) is 41.5 Å². The highest BCUT2D eigenvalue weighted by molar-refractivity contribution is 5.94. The maximum atomic E-state index is 12.0. The van der Waals surface area contributed by atoms with Crippen LogP contribution in [-0.4, -0.2) is 41.4 Å². The van der Waals surface area contributed by atoms with Crippen LogP contribution in [0.3, 0.4) is 0 Å². The second kappa shape index (κ2) is 8.12. The minimum atomic E-state index is 0.0558. The zero-order chi connectivity index (χ0) is 19.3. The molecule has 28 heavy (non-hydrogen) atoms. The largest absolute Gasteiger partial charge is 0.356 e. The second-order valence-electron chi connectivity index (χ2n) is 6.86. The van der Waals surface area contributed by atoms with E-state index in [2.05, 4.69) is 32.0 Å². The number of aliphatic imine (C=N–C) groups is 1. The number of imidazole rings is 1. The molecular weight excluding hydrogens is 352 g/mol. The lowest BCUT2D eigenvalue weighted by Crippen LogP contribution is -2.41. The van der Waals surface area contributed by atoms with Crippen molar-refractivity contribution in [3.63, 3.8) is 0 Å². The fraction of sp³-hybridized carbons (Fsp3) is 0.286. The maximum absolute atomic E-state index is 12.0. The van der Waals surface area contributed by atoms with Crippen molar-refractivity contribution in [2.24, 2.45) is 4.99 Å². The molecule has 0 aliphatic carbocycles. The topological polar surface area (TPSA) is 82.8 Å². The van der Waals surface area contributed by atoms with Gasteiger partial charge in [-0.15, -0.1) is 0 Å². The quantitative estimate of drug-likeness (QED) is 0.471. The zero-order valence-corrected chi connectivity index (χ0v) is 15.9. The van der Waals surface area contributed by atoms with Crippen LogP contribution in [0.2, 0.25) is 0 Å². The number of guanidine groups is 1. The van der Waals surface area contributed by atoms with Gasteiger partial charge in [0.2, 0.25) is 5.91 Å². The first-order valence-electron chi connectivity index (χ1n) is 9.49. The Labute approximate surface area is 163 Å². The number of carbonyl (C=O) groups excluding carboxylic acids is 1. The van der Waals surface area contributed by atoms with Crippen LogP contribution in [0, 0.1) is 0 Å². The van der Waals surface area contributed by atoms with Crippen LogP contribution in [0.4, 0.5) is 5.69 Å². The van der Waals surface area contributed by atoms with E-state index >= 15 is 0 Å². The molecule has 1 amide bonds. The van der Waals surface area contributed by atoms with Crippen LogP contribution < -0.4 is 16.0 Å². The van der Waals surface area contributed by atoms with E-state index in [0.29, 0.717) is 13.0 Å². The van der Waals surface area contributed by atoms with E-state index in [1.165, 1.54) is 0 Å². The van der Waals surface area contributed by atoms with Crippen molar-refractivity contribution in [1.82, 2.24) is 20.0 Å². The molecule has 2 aromatic heterocycles. The molecule has 0 spiro atoms. The van der Waals surface area contributed by atoms with Crippen molar-refractivity contribution in [3.8, 4) is 0 Å². The molecule has 0 fully saturated rings. The molecule has 1 unspecified atom stereocenters. The summed E-state index contributed by atoms with van der Waals surface area (Å²) in [5.41, 5.74) is 4.05. The van der Waals surface area contributed by atoms with Gasteiger partial charge in [0.1, 0.15) is 5.65 Å². The van der Waals surface area contributed by atoms with Gasteiger partial charge in [-0.05, 0) is 23.8 Å². The number of anilines is 1. The molecule has 0 saturated carbocycles. The molecule has 1 aliphatic heterocycles. The van der Waals surface area contributed by atoms with Gasteiger partial charge >= 0.3 is 0 Å². The third-order valence-electron chi connectivity index (χ3n) is 4.93. The molecule has 4 rings (SSSR count). The highest BCUT2D eigenvalue weighted by Crippen LogP contribution is 2.31. The summed E-state index contributed by atoms with van der Waals surface area (Å²) in [4.78, 5) is 20.9. The Morgan fingerprint density at radius 1 is 1.25 bits per heavy atom. The first kappa shape index (κ1) is 18.0. The molecule has 7 heteroatoms. The monoisotopic (exact) mass is 376 g/mol. The molecule has 1 aliphatic rings. The average Bonchev–Trinajstić information content (AvgIpc) is 3.13. The first-order valence-corrected chi connectivity index (χ1v) is 9.49. The molecule has 0 radical (unpaired) electrons. The average molecular weight is 376 g/mol. The normalized spacial score (nSPS) is 16.5. The lowest BCUT2D eigenvalue weighted by molar-refractivity contribution is -0.116. The van der Waals surface area contributed by atoms with Crippen LogP contribution in [0.25, 0.3) is 5.65 Å². The molecule has 144 valence electrons. The lowest BCUT2D eigenvalue weighted by Gasteiger charge is -2.26. The van der Waals surface area contributed by atoms with E-state index < -0.39 is 0 Å². The Hall–Kier alpha value is -3.35. The molecule has 0 bridgehead atoms. The Morgan fingerprint density at radius 2 is 2.11 bits per heavy atom. The van der Waals surface area contributed by atoms with Crippen molar-refractivity contribution in [3.05, 3.63) is 66.1 Å². The van der Waals surface area contributed by atoms with Gasteiger partial charge in [0.15, 0.2) is 5.96 Å². The second-order valence-corrected chi connectivity index (χ2v) is 6.86. The lowest BCUT2D eigenvalue weighted by atomic mass is 9.90. The van der Waals surface area contributed by atoms with E-state index in [1.807, 2.05) is 53.2 Å². The summed E-state index contributed by atoms with van der Waals surface area (Å²) >= 11 is 0. The molecule has 1 aromatic carbocycles. The number of hydrogen-bond acceptors (Lipinski definition) is 3. The summed E-state index contributed by atoms with van der Waals surface area (Å²) < 4.78 is 2.02. The Kier molecular flexibility index (Phi) is 5.23. The van der Waals surface area contributed by atoms with Gasteiger partial charge in [0.25, 0.3) is 0 Å². The number of para-hydroxylation sites is 1. The number of carbonyl (C=O) groups is 1. The Morgan fingerprint density at radius 3 is 2.96 bits per heavy atom. The molecule has 1 atom stereocenters. The van der Waals surface area contributed by atoms with Crippen LogP contribution >= 0.6 is 0 Å². The predicted octanol–water partition coefficient (Wildman–Crippen LogP) is 2.17. The summed E-state index contributed by atoms with van der Waals surface area (Å²) in [6.45, 7) is 1.38. The number of benzene rings is 1. The van der Waals surface area contributed by atoms with Gasteiger partial charge in [-0.1, -0.05) is 24.3 Å². The number of pyridine rings is 1. The fourth-order valence-corrected chi connectivity index (χ4v) is 3.54. The van der Waals surface area contributed by atoms with Gasteiger partial charge in [-0.2, -0.15) is 0 Å². The highest BCUT2D eigenvalue weighted by atomic mass is 16.1. The van der Waals surface area contributed by atoms with Crippen molar-refractivity contribution >= 4 is 23.2 Å². The minimum Gasteiger partial charge on any atom is -0.356 e. The number of amides is 1. The Balaban J connectivity index is 1.31. The summed E-state index contributed by atoms with van der Waals surface area (Å²) in [6, 6.07) is 13.9. The fourth-order valence-electron chi connectivity index (χ4n) is 3.54. The smallest absolute Gasteiger partial charge is 0.225 e. The summed E-state index contributed by atoms with van der Waals surface area (Å²) in [6.07, 6.45) is 5.32. The van der Waals surface area contributed by atoms with Crippen LogP contribution in [0.15, 0.2) is 59.9 Å². The summed E-state index contributed by atoms with van der Waals surface area (Å²) in [5, 5.41) is 9.61. The number of hydrogen-bond donors (Lipinski definition) is 3. The standard InChI is InChI=1S/C21H24N6O/c1-22-21(23-10-9-16-14-27-11-5-4-8-19(27)25-16)24-13-15-12-20(28)26-18-7-3-2-6-17(15)18/h2-8,11,14-15H,9-10,12-13H2,1H3,(H,26,28)(H2,22,23,24). The molecule has 3 aromatic rings. The van der Waals surface area contributed by atoms with Gasteiger partial charge in [-0.25, -0.2) is 4.98 Å². The van der Waals surface area contributed by atoms with Crippen molar-refractivity contribution in [2.75, 3.05) is 25.5 Å². The molecule has 0 saturated heterocycles. The zero-order valence-electron chi connectivity index (χ0n) is 15.9. The van der Waals surface area contributed by atoms with Gasteiger partial charge in [0.05, 0.1) is 5.69 Å². The van der Waals surface area contributed by atoms with E-state index in [1.54, 1.807) is 7.05 Å². The van der Waals surface area contributed by atoms with Crippen molar-refractivity contribution in [2.45, 2.75) is 18.8 Å². The molecule has 3 heterocycles. The third-order valence-corrected chi connectivity index (χ3v) is 4.93. The molecular formula is C21H24N6O. The number of fused-ring (bicyclic) bond motifs is 2. The van der Waals surface area contributed by atoms with E-state index in [9.17, 15) is 4.79 Å². The maximum Gasteiger partial charge on any atom is 0.225 e. The number of nitrogens with zero attached hydrogens (tertiary/aromatic N) is 3. The van der Waals surface area contributed by atoms with Crippen LogP contribution in [0.1, 0.15) is 23.6 Å². The van der Waals surface area contributed by atoms with E-state index in [4.69, 9.17) is 0 Å². The van der Waals surface area contributed by atoms with Gasteiger partial charge in [-0.3, -0.25) is 9.79 Å². The number of nitrogens with one attached hydrogen (secondary N) is 3. The van der Waals surface area contributed by atoms with Gasteiger partial charge in [0, 0.05) is 57.0 Å². The first-order chi connectivity index (χ1) is 13.7. The minimum absolute atomic E-state index is 0.0558. The Bertz CT molecular complexity index is 976. The third kappa shape index (κ3) is 3.98. The molecule has 7 nitrogen and oxygen atoms in total. The van der Waals surface area contributed by atoms with Crippen LogP contribution in [0.5, 0.6) is 0 Å². The summed E-state index contributed by atoms with van der Waals surface area (Å²) in [5.74, 6) is 0.912. The summed E-state index contributed by atoms with van der Waals surface area (Å²) in [7, 11) is 1.75. The highest BCUT2D eigenvalue weighted by Gasteiger charge is 2.24. The number of rotatable bonds is 5. The SMILES string of the molecule is CN=C(NCCc1cn2ccccc2n1)NCC1CC(=O)Nc2ccccc21. The molecule has 3 N–H and O–H groups in total. The predicted molar refractivity (Wildman–Crippen MR) is 111 cm³/mol. The van der Waals surface area contributed by atoms with Gasteiger partial charge < -0.3 is 20.4 Å². The van der Waals surface area contributed by atoms with Crippen molar-refractivity contribution in [1.29, 1.82) is 0 Å². The van der Waals surface area contributed by atoms with Crippen molar-refractivity contribution < 1.29 is 4.79 Å². The van der Waals surface area contributed by atoms with E-state index in [-0.39, 0.29) is 11.8 Å². The number of aromatic nitrogens is 2. The van der Waals surface area contributed by atoms with Crippen LogP contribution in [-0.2, 0) is 11.2 Å².